The Balaban J connectivity index is 1.44. The zero-order chi connectivity index (χ0) is 29.0. The van der Waals surface area contributed by atoms with Crippen LogP contribution in [-0.4, -0.2) is 57.1 Å². The van der Waals surface area contributed by atoms with E-state index in [-0.39, 0.29) is 18.5 Å². The maximum atomic E-state index is 13.7. The summed E-state index contributed by atoms with van der Waals surface area (Å²) in [7, 11) is 1.52. The number of aromatic nitrogens is 4. The summed E-state index contributed by atoms with van der Waals surface area (Å²) in [5, 5.41) is 22.1. The molecule has 1 aliphatic rings. The molecule has 1 atom stereocenters. The number of nitrogens with zero attached hydrogens (tertiary/aromatic N) is 4. The van der Waals surface area contributed by atoms with Gasteiger partial charge in [0.05, 0.1) is 38.6 Å². The first-order valence-corrected chi connectivity index (χ1v) is 13.4. The van der Waals surface area contributed by atoms with Crippen molar-refractivity contribution in [1.82, 2.24) is 25.1 Å². The van der Waals surface area contributed by atoms with E-state index < -0.39 is 11.5 Å². The molecule has 214 valence electrons. The predicted octanol–water partition coefficient (Wildman–Crippen LogP) is 4.11. The van der Waals surface area contributed by atoms with Gasteiger partial charge in [-0.3, -0.25) is 4.79 Å². The summed E-state index contributed by atoms with van der Waals surface area (Å²) in [6, 6.07) is 12.6. The highest BCUT2D eigenvalue weighted by atomic mass is 19.1. The van der Waals surface area contributed by atoms with Gasteiger partial charge in [0.15, 0.2) is 17.2 Å². The smallest absolute Gasteiger partial charge is 0.251 e. The summed E-state index contributed by atoms with van der Waals surface area (Å²) in [6.07, 6.45) is 5.34. The van der Waals surface area contributed by atoms with Crippen molar-refractivity contribution in [1.29, 1.82) is 0 Å². The molecule has 0 saturated heterocycles. The van der Waals surface area contributed by atoms with Crippen molar-refractivity contribution in [2.45, 2.75) is 44.9 Å². The SMILES string of the molecule is CCOc1c(Cn2cnnc2)cc([C@@](C)(O)CNC(=O)c2ccc(OC3CC3)c(OC)c2)nc1-c1ccc(F)cc1. The van der Waals surface area contributed by atoms with Crippen LogP contribution in [0.1, 0.15) is 48.3 Å². The Morgan fingerprint density at radius 2 is 1.85 bits per heavy atom. The fourth-order valence-electron chi connectivity index (χ4n) is 4.31. The van der Waals surface area contributed by atoms with Crippen LogP contribution < -0.4 is 19.5 Å². The van der Waals surface area contributed by atoms with Gasteiger partial charge >= 0.3 is 0 Å². The number of benzene rings is 2. The molecule has 1 aliphatic carbocycles. The number of hydrogen-bond donors (Lipinski definition) is 2. The molecule has 10 nitrogen and oxygen atoms in total. The third-order valence-corrected chi connectivity index (χ3v) is 6.66. The second-order valence-electron chi connectivity index (χ2n) is 10.1. The number of pyridine rings is 1. The molecule has 2 aromatic carbocycles. The van der Waals surface area contributed by atoms with Crippen LogP contribution in [0.15, 0.2) is 61.2 Å². The van der Waals surface area contributed by atoms with Crippen LogP contribution in [0.2, 0.25) is 0 Å². The number of amides is 1. The highest BCUT2D eigenvalue weighted by molar-refractivity contribution is 5.95. The Morgan fingerprint density at radius 3 is 2.51 bits per heavy atom. The highest BCUT2D eigenvalue weighted by Crippen LogP contribution is 2.36. The molecule has 41 heavy (non-hydrogen) atoms. The predicted molar refractivity (Wildman–Crippen MR) is 148 cm³/mol. The number of ether oxygens (including phenoxy) is 3. The maximum absolute atomic E-state index is 13.7. The Morgan fingerprint density at radius 1 is 1.12 bits per heavy atom. The fraction of sp³-hybridized carbons (Fsp3) is 0.333. The normalized spacial score (nSPS) is 14.3. The lowest BCUT2D eigenvalue weighted by Gasteiger charge is -2.26. The molecule has 1 fully saturated rings. The van der Waals surface area contributed by atoms with Gasteiger partial charge in [-0.2, -0.15) is 0 Å². The molecule has 0 spiro atoms. The number of aliphatic hydroxyl groups is 1. The topological polar surface area (TPSA) is 121 Å². The minimum atomic E-state index is -1.57. The van der Waals surface area contributed by atoms with Gasteiger partial charge < -0.3 is 29.2 Å². The van der Waals surface area contributed by atoms with E-state index in [2.05, 4.69) is 15.5 Å². The van der Waals surface area contributed by atoms with Gasteiger partial charge in [0, 0.05) is 16.7 Å². The Kier molecular flexibility index (Phi) is 8.16. The van der Waals surface area contributed by atoms with E-state index >= 15 is 0 Å². The molecular formula is C30H32FN5O5. The molecule has 0 aliphatic heterocycles. The summed E-state index contributed by atoms with van der Waals surface area (Å²) in [4.78, 5) is 17.8. The Hall–Kier alpha value is -4.51. The molecule has 2 N–H and O–H groups in total. The first-order valence-electron chi connectivity index (χ1n) is 13.4. The molecule has 11 heteroatoms. The van der Waals surface area contributed by atoms with E-state index in [4.69, 9.17) is 19.2 Å². The van der Waals surface area contributed by atoms with Crippen LogP contribution in [0, 0.1) is 5.82 Å². The molecule has 1 saturated carbocycles. The summed E-state index contributed by atoms with van der Waals surface area (Å²) >= 11 is 0. The standard InChI is InChI=1S/C30H32FN5O5/c1-4-40-28-21(15-36-17-33-34-18-36)14-26(35-27(28)19-5-8-22(31)9-6-19)30(2,38)16-32-29(37)20-7-12-24(25(13-20)39-3)41-23-10-11-23/h5-9,12-14,17-18,23,38H,4,10-11,15-16H2,1-3H3,(H,32,37)/t30-/m0/s1. The van der Waals surface area contributed by atoms with Crippen molar-refractivity contribution in [3.63, 3.8) is 0 Å². The maximum Gasteiger partial charge on any atom is 0.251 e. The van der Waals surface area contributed by atoms with Crippen molar-refractivity contribution in [2.75, 3.05) is 20.3 Å². The summed E-state index contributed by atoms with van der Waals surface area (Å²) in [5.74, 6) is 0.775. The van der Waals surface area contributed by atoms with Gasteiger partial charge in [-0.05, 0) is 75.2 Å². The number of methoxy groups -OCH3 is 1. The molecule has 5 rings (SSSR count). The van der Waals surface area contributed by atoms with Crippen molar-refractivity contribution in [3.05, 3.63) is 83.8 Å². The molecule has 1 amide bonds. The van der Waals surface area contributed by atoms with Crippen molar-refractivity contribution in [2.24, 2.45) is 0 Å². The van der Waals surface area contributed by atoms with Crippen LogP contribution in [0.4, 0.5) is 4.39 Å². The second kappa shape index (κ2) is 11.9. The van der Waals surface area contributed by atoms with Crippen LogP contribution >= 0.6 is 0 Å². The molecule has 0 unspecified atom stereocenters. The minimum Gasteiger partial charge on any atom is -0.493 e. The van der Waals surface area contributed by atoms with Gasteiger partial charge in [-0.15, -0.1) is 10.2 Å². The molecule has 2 aromatic heterocycles. The number of nitrogens with one attached hydrogen (secondary N) is 1. The minimum absolute atomic E-state index is 0.135. The van der Waals surface area contributed by atoms with Gasteiger partial charge in [0.25, 0.3) is 5.91 Å². The molecule has 2 heterocycles. The van der Waals surface area contributed by atoms with Gasteiger partial charge in [0.2, 0.25) is 0 Å². The van der Waals surface area contributed by atoms with Gasteiger partial charge in [-0.1, -0.05) is 0 Å². The Labute approximate surface area is 237 Å². The van der Waals surface area contributed by atoms with Crippen LogP contribution in [0.3, 0.4) is 0 Å². The second-order valence-corrected chi connectivity index (χ2v) is 10.1. The van der Waals surface area contributed by atoms with Crippen LogP contribution in [0.25, 0.3) is 11.3 Å². The van der Waals surface area contributed by atoms with E-state index in [1.807, 2.05) is 6.92 Å². The summed E-state index contributed by atoms with van der Waals surface area (Å²) in [5.41, 5.74) is 0.849. The lowest BCUT2D eigenvalue weighted by atomic mass is 9.97. The van der Waals surface area contributed by atoms with E-state index in [1.165, 1.54) is 19.2 Å². The highest BCUT2D eigenvalue weighted by Gasteiger charge is 2.30. The average Bonchev–Trinajstić information content (AvgIpc) is 3.64. The zero-order valence-corrected chi connectivity index (χ0v) is 23.1. The van der Waals surface area contributed by atoms with Crippen molar-refractivity contribution < 1.29 is 28.5 Å². The third-order valence-electron chi connectivity index (χ3n) is 6.66. The monoisotopic (exact) mass is 561 g/mol. The molecule has 0 radical (unpaired) electrons. The molecule has 4 aromatic rings. The first kappa shape index (κ1) is 28.0. The lowest BCUT2D eigenvalue weighted by molar-refractivity contribution is 0.0488. The van der Waals surface area contributed by atoms with Crippen molar-refractivity contribution >= 4 is 5.91 Å². The number of carbonyl (C=O) groups excluding carboxylic acids is 1. The van der Waals surface area contributed by atoms with E-state index in [0.29, 0.717) is 58.5 Å². The van der Waals surface area contributed by atoms with E-state index in [9.17, 15) is 14.3 Å². The fourth-order valence-corrected chi connectivity index (χ4v) is 4.31. The molecule has 0 bridgehead atoms. The van der Waals surface area contributed by atoms with Crippen molar-refractivity contribution in [3.8, 4) is 28.5 Å². The molecular weight excluding hydrogens is 529 g/mol. The quantitative estimate of drug-likeness (QED) is 0.265. The van der Waals surface area contributed by atoms with E-state index in [1.54, 1.807) is 60.5 Å². The summed E-state index contributed by atoms with van der Waals surface area (Å²) < 4.78 is 32.7. The number of hydrogen-bond acceptors (Lipinski definition) is 8. The average molecular weight is 562 g/mol. The van der Waals surface area contributed by atoms with Gasteiger partial charge in [-0.25, -0.2) is 9.37 Å². The largest absolute Gasteiger partial charge is 0.493 e. The van der Waals surface area contributed by atoms with Crippen LogP contribution in [-0.2, 0) is 12.1 Å². The zero-order valence-electron chi connectivity index (χ0n) is 23.1. The number of halogens is 1. The first-order chi connectivity index (χ1) is 19.8. The van der Waals surface area contributed by atoms with E-state index in [0.717, 1.165) is 12.8 Å². The van der Waals surface area contributed by atoms with Gasteiger partial charge in [0.1, 0.15) is 29.8 Å². The Bertz CT molecular complexity index is 1500. The lowest BCUT2D eigenvalue weighted by Crippen LogP contribution is -2.39. The summed E-state index contributed by atoms with van der Waals surface area (Å²) in [6.45, 7) is 4.00. The number of carbonyl (C=O) groups is 1. The third kappa shape index (κ3) is 6.63. The van der Waals surface area contributed by atoms with Crippen LogP contribution in [0.5, 0.6) is 17.2 Å². The number of rotatable bonds is 12.